The first-order chi connectivity index (χ1) is 9.27. The third kappa shape index (κ3) is 6.80. The fourth-order valence-electron chi connectivity index (χ4n) is 1.33. The molecule has 0 radical (unpaired) electrons. The molecule has 110 valence electrons. The molecule has 1 N–H and O–H groups in total. The number of rotatable bonds is 2. The Hall–Kier alpha value is -1.22. The Balaban J connectivity index is 0.000000347. The Morgan fingerprint density at radius 2 is 1.70 bits per heavy atom. The van der Waals surface area contributed by atoms with Crippen LogP contribution in [0.3, 0.4) is 0 Å². The van der Waals surface area contributed by atoms with Crippen LogP contribution in [0.25, 0.3) is 4.91 Å². The monoisotopic (exact) mass is 319 g/mol. The summed E-state index contributed by atoms with van der Waals surface area (Å²) in [6.45, 7) is 0. The van der Waals surface area contributed by atoms with Gasteiger partial charge in [-0.15, -0.1) is 0 Å². The van der Waals surface area contributed by atoms with Crippen LogP contribution in [-0.2, 0) is 4.18 Å². The summed E-state index contributed by atoms with van der Waals surface area (Å²) in [6.07, 6.45) is 5.65. The van der Waals surface area contributed by atoms with Crippen molar-refractivity contribution in [1.29, 1.82) is 0 Å². The Kier molecular flexibility index (Phi) is 6.34. The van der Waals surface area contributed by atoms with Gasteiger partial charge < -0.3 is 9.08 Å². The van der Waals surface area contributed by atoms with Crippen molar-refractivity contribution < 1.29 is 33.1 Å². The highest BCUT2D eigenvalue weighted by atomic mass is 35.7. The molecule has 2 rings (SSSR count). The van der Waals surface area contributed by atoms with E-state index < -0.39 is 10.2 Å². The highest BCUT2D eigenvalue weighted by molar-refractivity contribution is 8.04. The lowest BCUT2D eigenvalue weighted by Crippen LogP contribution is -2.58. The van der Waals surface area contributed by atoms with Crippen LogP contribution in [-0.4, -0.2) is 18.8 Å². The van der Waals surface area contributed by atoms with Crippen molar-refractivity contribution in [3.63, 3.8) is 0 Å². The predicted molar refractivity (Wildman–Crippen MR) is 68.8 cm³/mol. The molecule has 1 aromatic carbocycles. The van der Waals surface area contributed by atoms with Gasteiger partial charge in [-0.3, -0.25) is 0 Å². The van der Waals surface area contributed by atoms with Crippen LogP contribution in [0.2, 0.25) is 0 Å². The van der Waals surface area contributed by atoms with Crippen molar-refractivity contribution >= 4 is 22.6 Å². The Bertz CT molecular complexity index is 476. The fraction of sp³-hybridized carbons (Fsp3) is 0.167. The molecule has 20 heavy (non-hydrogen) atoms. The largest absolute Gasteiger partial charge is 0.428 e. The maximum absolute atomic E-state index is 8.60. The summed E-state index contributed by atoms with van der Waals surface area (Å²) in [5.41, 5.74) is 2.39. The first kappa shape index (κ1) is 16.8. The van der Waals surface area contributed by atoms with Crippen molar-refractivity contribution in [1.82, 2.24) is 0 Å². The smallest absolute Gasteiger partial charge is 0.102 e. The van der Waals surface area contributed by atoms with Crippen LogP contribution in [0.4, 0.5) is 5.69 Å². The second-order valence-corrected chi connectivity index (χ2v) is 5.47. The van der Waals surface area contributed by atoms with Gasteiger partial charge in [-0.1, -0.05) is 12.1 Å². The van der Waals surface area contributed by atoms with Gasteiger partial charge in [0.05, 0.1) is 31.9 Å². The molecule has 1 aromatic rings. The van der Waals surface area contributed by atoms with Gasteiger partial charge in [-0.25, -0.2) is 0 Å². The van der Waals surface area contributed by atoms with E-state index in [0.717, 1.165) is 4.91 Å². The maximum atomic E-state index is 8.60. The van der Waals surface area contributed by atoms with Gasteiger partial charge in [0.1, 0.15) is 6.26 Å². The minimum atomic E-state index is -4.69. The first-order valence-corrected chi connectivity index (χ1v) is 7.39. The van der Waals surface area contributed by atoms with E-state index in [9.17, 15) is 0 Å². The lowest BCUT2D eigenvalue weighted by molar-refractivity contribution is -1.92. The molecular weight excluding hydrogens is 306 g/mol. The average molecular weight is 320 g/mol. The Morgan fingerprint density at radius 1 is 1.15 bits per heavy atom. The van der Waals surface area contributed by atoms with Crippen LogP contribution >= 0.6 is 12.0 Å². The van der Waals surface area contributed by atoms with Gasteiger partial charge in [0, 0.05) is 19.8 Å². The van der Waals surface area contributed by atoms with Gasteiger partial charge in [-0.05, 0) is 29.8 Å². The average Bonchev–Trinajstić information content (AvgIpc) is 2.38. The number of halogens is 1. The molecule has 0 aliphatic carbocycles. The van der Waals surface area contributed by atoms with Gasteiger partial charge in [0.25, 0.3) is 0 Å². The van der Waals surface area contributed by atoms with E-state index in [0.29, 0.717) is 0 Å². The number of nitrogens with zero attached hydrogens (tertiary/aromatic N) is 1. The van der Waals surface area contributed by atoms with Crippen LogP contribution in [0.15, 0.2) is 42.7 Å². The van der Waals surface area contributed by atoms with Gasteiger partial charge >= 0.3 is 0 Å². The van der Waals surface area contributed by atoms with Crippen molar-refractivity contribution in [2.24, 2.45) is 0 Å². The van der Waals surface area contributed by atoms with E-state index in [1.165, 1.54) is 23.3 Å². The normalized spacial score (nSPS) is 13.8. The summed E-state index contributed by atoms with van der Waals surface area (Å²) in [4.78, 5) is 3.23. The standard InChI is InChI=1S/C12H13NOS.ClHO4/c1-13(2)11-7-5-10(6-8-11)12-4-3-9-14-15-12;2-1(3,4)5/h3-9H,1-2H3;(H,2,3,4,5). The van der Waals surface area contributed by atoms with Crippen molar-refractivity contribution in [3.05, 3.63) is 48.2 Å². The second-order valence-electron chi connectivity index (χ2n) is 3.88. The maximum Gasteiger partial charge on any atom is 0.102 e. The highest BCUT2D eigenvalue weighted by Gasteiger charge is 2.05. The molecule has 8 heteroatoms. The molecule has 1 heterocycles. The number of anilines is 1. The van der Waals surface area contributed by atoms with E-state index in [1.54, 1.807) is 6.26 Å². The minimum absolute atomic E-state index is 1.14. The molecule has 0 fully saturated rings. The molecule has 1 aliphatic rings. The Labute approximate surface area is 123 Å². The Morgan fingerprint density at radius 3 is 2.10 bits per heavy atom. The van der Waals surface area contributed by atoms with Crippen molar-refractivity contribution in [2.45, 2.75) is 0 Å². The molecule has 1 aliphatic heterocycles. The quantitative estimate of drug-likeness (QED) is 0.709. The SMILES string of the molecule is CN(C)c1ccc(C2=CC=COS2)cc1.[O-][Cl+3]([O-])([O-])O. The predicted octanol–water partition coefficient (Wildman–Crippen LogP) is -0.838. The number of hydrogen-bond acceptors (Lipinski definition) is 7. The molecule has 0 saturated heterocycles. The summed E-state index contributed by atoms with van der Waals surface area (Å²) in [5.74, 6) is 0. The zero-order valence-corrected chi connectivity index (χ0v) is 12.4. The molecule has 0 unspecified atom stereocenters. The van der Waals surface area contributed by atoms with E-state index in [-0.39, 0.29) is 0 Å². The summed E-state index contributed by atoms with van der Waals surface area (Å²) < 4.78 is 37.9. The first-order valence-electron chi connectivity index (χ1n) is 5.38. The zero-order valence-electron chi connectivity index (χ0n) is 10.9. The third-order valence-electron chi connectivity index (χ3n) is 2.19. The van der Waals surface area contributed by atoms with E-state index in [2.05, 4.69) is 35.2 Å². The highest BCUT2D eigenvalue weighted by Crippen LogP contribution is 2.31. The molecule has 0 saturated carbocycles. The van der Waals surface area contributed by atoms with E-state index in [4.69, 9.17) is 22.8 Å². The number of benzene rings is 1. The topological polar surface area (TPSA) is 102 Å². The molecule has 0 spiro atoms. The molecule has 0 atom stereocenters. The van der Waals surface area contributed by atoms with E-state index in [1.807, 2.05) is 20.2 Å². The van der Waals surface area contributed by atoms with E-state index >= 15 is 0 Å². The molecule has 0 bridgehead atoms. The van der Waals surface area contributed by atoms with Gasteiger partial charge in [0.2, 0.25) is 0 Å². The lowest BCUT2D eigenvalue weighted by atomic mass is 10.2. The van der Waals surface area contributed by atoms with Crippen LogP contribution in [0.1, 0.15) is 5.56 Å². The number of hydrogen-bond donors (Lipinski definition) is 1. The van der Waals surface area contributed by atoms with Crippen LogP contribution in [0.5, 0.6) is 0 Å². The second kappa shape index (κ2) is 7.53. The zero-order chi connectivity index (χ0) is 15.2. The minimum Gasteiger partial charge on any atom is -0.428 e. The molecule has 0 aromatic heterocycles. The lowest BCUT2D eigenvalue weighted by Gasteiger charge is -2.13. The van der Waals surface area contributed by atoms with Crippen LogP contribution in [0, 0.1) is 10.2 Å². The van der Waals surface area contributed by atoms with Gasteiger partial charge in [0.15, 0.2) is 0 Å². The number of allylic oxidation sites excluding steroid dienone is 2. The summed E-state index contributed by atoms with van der Waals surface area (Å²) in [6, 6.07) is 8.43. The summed E-state index contributed by atoms with van der Waals surface area (Å²) in [7, 11) is -0.620. The van der Waals surface area contributed by atoms with Crippen molar-refractivity contribution in [3.8, 4) is 0 Å². The van der Waals surface area contributed by atoms with Crippen molar-refractivity contribution in [2.75, 3.05) is 19.0 Å². The van der Waals surface area contributed by atoms with Gasteiger partial charge in [-0.2, -0.15) is 14.0 Å². The third-order valence-corrected chi connectivity index (χ3v) is 2.95. The molecule has 6 nitrogen and oxygen atoms in total. The molecule has 0 amide bonds. The molecular formula is C12H14ClNO5S. The summed E-state index contributed by atoms with van der Waals surface area (Å²) in [5, 5.41) is 0. The van der Waals surface area contributed by atoms with Crippen LogP contribution < -0.4 is 18.9 Å². The fourth-order valence-corrected chi connectivity index (χ4v) is 1.92. The summed E-state index contributed by atoms with van der Waals surface area (Å²) >= 11 is 1.39.